The third kappa shape index (κ3) is 4.33. The van der Waals surface area contributed by atoms with Gasteiger partial charge in [-0.05, 0) is 63.5 Å². The maximum absolute atomic E-state index is 13.3. The van der Waals surface area contributed by atoms with Crippen LogP contribution >= 0.6 is 0 Å². The summed E-state index contributed by atoms with van der Waals surface area (Å²) in [4.78, 5) is 29.6. The van der Waals surface area contributed by atoms with E-state index in [4.69, 9.17) is 4.74 Å². The van der Waals surface area contributed by atoms with E-state index in [9.17, 15) is 9.59 Å². The Bertz CT molecular complexity index is 914. The molecule has 0 spiro atoms. The van der Waals surface area contributed by atoms with Crippen molar-refractivity contribution in [1.29, 1.82) is 0 Å². The molecule has 2 aliphatic heterocycles. The summed E-state index contributed by atoms with van der Waals surface area (Å²) in [5, 5.41) is 3.41. The zero-order chi connectivity index (χ0) is 20.9. The standard InChI is InChI=1S/C24H29N3O3/c1-2-30-24(29)18-9-7-14-26(17-18)15-8-16-27-22-13-6-5-12-21(22)25-20-11-4-3-10-19(20)23(27)28/h3-6,10-13,18,25H,2,7-9,14-17H2,1H3/t18-/m1/s1. The zero-order valence-electron chi connectivity index (χ0n) is 17.5. The lowest BCUT2D eigenvalue weighted by atomic mass is 9.98. The number of benzene rings is 2. The Labute approximate surface area is 177 Å². The molecule has 1 atom stereocenters. The van der Waals surface area contributed by atoms with Gasteiger partial charge in [-0.25, -0.2) is 0 Å². The van der Waals surface area contributed by atoms with Gasteiger partial charge < -0.3 is 19.9 Å². The van der Waals surface area contributed by atoms with Gasteiger partial charge in [-0.15, -0.1) is 0 Å². The van der Waals surface area contributed by atoms with Crippen LogP contribution in [-0.4, -0.2) is 49.6 Å². The predicted octanol–water partition coefficient (Wildman–Crippen LogP) is 4.06. The molecule has 0 saturated carbocycles. The summed E-state index contributed by atoms with van der Waals surface area (Å²) >= 11 is 0. The van der Waals surface area contributed by atoms with E-state index >= 15 is 0 Å². The maximum atomic E-state index is 13.3. The van der Waals surface area contributed by atoms with Crippen LogP contribution in [0.3, 0.4) is 0 Å². The van der Waals surface area contributed by atoms with Crippen molar-refractivity contribution in [2.75, 3.05) is 43.0 Å². The van der Waals surface area contributed by atoms with Gasteiger partial charge in [0.25, 0.3) is 5.91 Å². The van der Waals surface area contributed by atoms with E-state index in [2.05, 4.69) is 10.2 Å². The molecule has 158 valence electrons. The molecule has 2 heterocycles. The van der Waals surface area contributed by atoms with Crippen molar-refractivity contribution in [2.24, 2.45) is 5.92 Å². The third-order valence-electron chi connectivity index (χ3n) is 5.85. The number of ether oxygens (including phenoxy) is 1. The number of carbonyl (C=O) groups excluding carboxylic acids is 2. The summed E-state index contributed by atoms with van der Waals surface area (Å²) in [6.07, 6.45) is 2.75. The molecule has 0 radical (unpaired) electrons. The largest absolute Gasteiger partial charge is 0.466 e. The van der Waals surface area contributed by atoms with Crippen LogP contribution in [0.25, 0.3) is 0 Å². The van der Waals surface area contributed by atoms with Gasteiger partial charge in [0.05, 0.1) is 35.2 Å². The third-order valence-corrected chi connectivity index (χ3v) is 5.85. The number of likely N-dealkylation sites (tertiary alicyclic amines) is 1. The summed E-state index contributed by atoms with van der Waals surface area (Å²) in [5.41, 5.74) is 3.37. The highest BCUT2D eigenvalue weighted by molar-refractivity contribution is 6.13. The number of amides is 1. The Hall–Kier alpha value is -2.86. The molecule has 0 aromatic heterocycles. The maximum Gasteiger partial charge on any atom is 0.310 e. The van der Waals surface area contributed by atoms with Gasteiger partial charge in [0.1, 0.15) is 0 Å². The zero-order valence-corrected chi connectivity index (χ0v) is 17.5. The van der Waals surface area contributed by atoms with Crippen LogP contribution < -0.4 is 10.2 Å². The van der Waals surface area contributed by atoms with Gasteiger partial charge in [-0.1, -0.05) is 24.3 Å². The van der Waals surface area contributed by atoms with Gasteiger partial charge in [0.15, 0.2) is 0 Å². The molecule has 4 rings (SSSR count). The fourth-order valence-corrected chi connectivity index (χ4v) is 4.38. The highest BCUT2D eigenvalue weighted by Gasteiger charge is 2.28. The summed E-state index contributed by atoms with van der Waals surface area (Å²) in [7, 11) is 0. The van der Waals surface area contributed by atoms with Crippen LogP contribution in [0.15, 0.2) is 48.5 Å². The summed E-state index contributed by atoms with van der Waals surface area (Å²) < 4.78 is 5.20. The van der Waals surface area contributed by atoms with E-state index in [1.165, 1.54) is 0 Å². The van der Waals surface area contributed by atoms with Gasteiger partial charge in [0, 0.05) is 13.1 Å². The number of hydrogen-bond donors (Lipinski definition) is 1. The Balaban J connectivity index is 1.44. The van der Waals surface area contributed by atoms with E-state index in [1.54, 1.807) is 0 Å². The quantitative estimate of drug-likeness (QED) is 0.732. The summed E-state index contributed by atoms with van der Waals surface area (Å²) in [5.74, 6) is -0.0945. The van der Waals surface area contributed by atoms with Crippen LogP contribution in [0.1, 0.15) is 36.5 Å². The smallest absolute Gasteiger partial charge is 0.310 e. The molecule has 1 amide bonds. The molecule has 0 bridgehead atoms. The van der Waals surface area contributed by atoms with Crippen molar-refractivity contribution in [3.8, 4) is 0 Å². The lowest BCUT2D eigenvalue weighted by molar-refractivity contribution is -0.149. The van der Waals surface area contributed by atoms with Crippen LogP contribution in [0.2, 0.25) is 0 Å². The number of piperidine rings is 1. The molecule has 6 nitrogen and oxygen atoms in total. The van der Waals surface area contributed by atoms with E-state index in [0.29, 0.717) is 18.7 Å². The Morgan fingerprint density at radius 2 is 1.87 bits per heavy atom. The van der Waals surface area contributed by atoms with Crippen molar-refractivity contribution in [3.63, 3.8) is 0 Å². The molecule has 0 aliphatic carbocycles. The van der Waals surface area contributed by atoms with E-state index < -0.39 is 0 Å². The molecule has 2 aliphatic rings. The van der Waals surface area contributed by atoms with Crippen LogP contribution in [0.4, 0.5) is 17.1 Å². The minimum absolute atomic E-state index is 0.0195. The van der Waals surface area contributed by atoms with Gasteiger partial charge >= 0.3 is 5.97 Å². The molecular weight excluding hydrogens is 378 g/mol. The molecule has 6 heteroatoms. The lowest BCUT2D eigenvalue weighted by Gasteiger charge is -2.32. The van der Waals surface area contributed by atoms with Gasteiger partial charge in [0.2, 0.25) is 0 Å². The second-order valence-electron chi connectivity index (χ2n) is 7.89. The van der Waals surface area contributed by atoms with Crippen molar-refractivity contribution in [2.45, 2.75) is 26.2 Å². The first-order valence-corrected chi connectivity index (χ1v) is 10.8. The first kappa shape index (κ1) is 20.4. The van der Waals surface area contributed by atoms with Crippen molar-refractivity contribution >= 4 is 28.9 Å². The molecule has 0 unspecified atom stereocenters. The minimum Gasteiger partial charge on any atom is -0.466 e. The molecule has 1 saturated heterocycles. The Morgan fingerprint density at radius 1 is 1.10 bits per heavy atom. The minimum atomic E-state index is -0.0819. The molecule has 30 heavy (non-hydrogen) atoms. The van der Waals surface area contributed by atoms with Gasteiger partial charge in [-0.3, -0.25) is 9.59 Å². The van der Waals surface area contributed by atoms with E-state index in [1.807, 2.05) is 60.4 Å². The first-order valence-electron chi connectivity index (χ1n) is 10.8. The number of hydrogen-bond acceptors (Lipinski definition) is 5. The first-order chi connectivity index (χ1) is 14.7. The molecular formula is C24H29N3O3. The number of nitrogens with zero attached hydrogens (tertiary/aromatic N) is 2. The lowest BCUT2D eigenvalue weighted by Crippen LogP contribution is -2.41. The number of nitrogens with one attached hydrogen (secondary N) is 1. The average Bonchev–Trinajstić information content (AvgIpc) is 2.89. The van der Waals surface area contributed by atoms with Crippen LogP contribution in [0.5, 0.6) is 0 Å². The molecule has 1 N–H and O–H groups in total. The number of fused-ring (bicyclic) bond motifs is 2. The molecule has 2 aromatic rings. The second-order valence-corrected chi connectivity index (χ2v) is 7.89. The Kier molecular flexibility index (Phi) is 6.33. The highest BCUT2D eigenvalue weighted by Crippen LogP contribution is 2.35. The molecule has 2 aromatic carbocycles. The van der Waals surface area contributed by atoms with Crippen molar-refractivity contribution in [1.82, 2.24) is 4.90 Å². The monoisotopic (exact) mass is 407 g/mol. The number of carbonyl (C=O) groups is 2. The topological polar surface area (TPSA) is 61.9 Å². The van der Waals surface area contributed by atoms with Gasteiger partial charge in [-0.2, -0.15) is 0 Å². The number of esters is 1. The normalized spacial score (nSPS) is 18.8. The Morgan fingerprint density at radius 3 is 2.70 bits per heavy atom. The van der Waals surface area contributed by atoms with Crippen LogP contribution in [-0.2, 0) is 9.53 Å². The average molecular weight is 408 g/mol. The number of rotatable bonds is 6. The highest BCUT2D eigenvalue weighted by atomic mass is 16.5. The van der Waals surface area contributed by atoms with Crippen molar-refractivity contribution in [3.05, 3.63) is 54.1 Å². The van der Waals surface area contributed by atoms with E-state index in [-0.39, 0.29) is 17.8 Å². The number of anilines is 3. The second kappa shape index (κ2) is 9.30. The van der Waals surface area contributed by atoms with Crippen molar-refractivity contribution < 1.29 is 14.3 Å². The van der Waals surface area contributed by atoms with E-state index in [0.717, 1.165) is 56.0 Å². The predicted molar refractivity (Wildman–Crippen MR) is 118 cm³/mol. The summed E-state index contributed by atoms with van der Waals surface area (Å²) in [6, 6.07) is 15.6. The molecule has 1 fully saturated rings. The fourth-order valence-electron chi connectivity index (χ4n) is 4.38. The fraction of sp³-hybridized carbons (Fsp3) is 0.417. The number of para-hydroxylation sites is 3. The van der Waals surface area contributed by atoms with Crippen LogP contribution in [0, 0.1) is 5.92 Å². The SMILES string of the molecule is CCOC(=O)[C@@H]1CCCN(CCCN2C(=O)c3ccccc3Nc3ccccc32)C1. The summed E-state index contributed by atoms with van der Waals surface area (Å²) in [6.45, 7) is 5.50.